The number of amides is 2. The van der Waals surface area contributed by atoms with Crippen molar-refractivity contribution in [2.24, 2.45) is 0 Å². The molecule has 0 aliphatic heterocycles. The maximum atomic E-state index is 12.5. The van der Waals surface area contributed by atoms with Crippen molar-refractivity contribution in [3.05, 3.63) is 59.7 Å². The van der Waals surface area contributed by atoms with Gasteiger partial charge in [0.25, 0.3) is 11.8 Å². The molecule has 8 heteroatoms. The highest BCUT2D eigenvalue weighted by Gasteiger charge is 2.14. The van der Waals surface area contributed by atoms with Crippen LogP contribution in [-0.4, -0.2) is 44.0 Å². The lowest BCUT2D eigenvalue weighted by Crippen LogP contribution is -2.30. The molecule has 0 saturated heterocycles. The number of benzene rings is 2. The van der Waals surface area contributed by atoms with Crippen LogP contribution in [0.15, 0.2) is 48.5 Å². The van der Waals surface area contributed by atoms with Crippen molar-refractivity contribution in [3.63, 3.8) is 0 Å². The summed E-state index contributed by atoms with van der Waals surface area (Å²) in [6.45, 7) is 6.89. The van der Waals surface area contributed by atoms with Crippen LogP contribution >= 0.6 is 0 Å². The number of sulfonamides is 1. The molecule has 2 N–H and O–H groups in total. The number of nitrogens with one attached hydrogen (secondary N) is 2. The third-order valence-corrected chi connectivity index (χ3v) is 5.80. The van der Waals surface area contributed by atoms with Gasteiger partial charge in [-0.25, -0.2) is 8.42 Å². The minimum Gasteiger partial charge on any atom is -0.339 e. The molecule has 0 aliphatic carbocycles. The number of nitrogens with zero attached hydrogens (tertiary/aromatic N) is 1. The van der Waals surface area contributed by atoms with E-state index in [1.807, 2.05) is 13.8 Å². The summed E-state index contributed by atoms with van der Waals surface area (Å²) >= 11 is 0. The standard InChI is InChI=1S/C21H27N3O4S/c1-4-14-29(27,28)23-19-9-7-8-17(15-19)20(25)22-18-12-10-16(11-13-18)21(26)24(5-2)6-3/h7-13,15,23H,4-6,14H2,1-3H3,(H,22,25). The lowest BCUT2D eigenvalue weighted by atomic mass is 10.1. The maximum absolute atomic E-state index is 12.5. The molecule has 0 bridgehead atoms. The number of hydrogen-bond acceptors (Lipinski definition) is 4. The highest BCUT2D eigenvalue weighted by Crippen LogP contribution is 2.16. The zero-order valence-electron chi connectivity index (χ0n) is 16.9. The molecule has 29 heavy (non-hydrogen) atoms. The Morgan fingerprint density at radius 2 is 1.55 bits per heavy atom. The molecule has 0 fully saturated rings. The Labute approximate surface area is 172 Å². The second-order valence-electron chi connectivity index (χ2n) is 6.51. The van der Waals surface area contributed by atoms with E-state index in [1.54, 1.807) is 54.3 Å². The first-order valence-electron chi connectivity index (χ1n) is 9.60. The number of anilines is 2. The van der Waals surface area contributed by atoms with Crippen LogP contribution in [-0.2, 0) is 10.0 Å². The van der Waals surface area contributed by atoms with E-state index in [4.69, 9.17) is 0 Å². The largest absolute Gasteiger partial charge is 0.339 e. The van der Waals surface area contributed by atoms with Crippen molar-refractivity contribution < 1.29 is 18.0 Å². The first kappa shape index (κ1) is 22.4. The van der Waals surface area contributed by atoms with E-state index in [-0.39, 0.29) is 17.6 Å². The van der Waals surface area contributed by atoms with Crippen LogP contribution in [0.4, 0.5) is 11.4 Å². The highest BCUT2D eigenvalue weighted by molar-refractivity contribution is 7.92. The Balaban J connectivity index is 2.09. The topological polar surface area (TPSA) is 95.6 Å². The molecule has 0 unspecified atom stereocenters. The molecule has 0 radical (unpaired) electrons. The molecule has 0 saturated carbocycles. The monoisotopic (exact) mass is 417 g/mol. The first-order chi connectivity index (χ1) is 13.8. The molecule has 0 heterocycles. The number of rotatable bonds is 9. The van der Waals surface area contributed by atoms with Crippen molar-refractivity contribution >= 4 is 33.2 Å². The zero-order chi connectivity index (χ0) is 21.4. The average molecular weight is 418 g/mol. The van der Waals surface area contributed by atoms with Crippen LogP contribution in [0.3, 0.4) is 0 Å². The van der Waals surface area contributed by atoms with Crippen LogP contribution in [0.1, 0.15) is 47.9 Å². The molecule has 0 aromatic heterocycles. The summed E-state index contributed by atoms with van der Waals surface area (Å²) in [6.07, 6.45) is 0.502. The third kappa shape index (κ3) is 6.32. The predicted octanol–water partition coefficient (Wildman–Crippen LogP) is 3.57. The van der Waals surface area contributed by atoms with Crippen LogP contribution < -0.4 is 10.0 Å². The van der Waals surface area contributed by atoms with Crippen molar-refractivity contribution in [3.8, 4) is 0 Å². The molecule has 0 spiro atoms. The third-order valence-electron chi connectivity index (χ3n) is 4.31. The second-order valence-corrected chi connectivity index (χ2v) is 8.35. The Bertz CT molecular complexity index is 952. The van der Waals surface area contributed by atoms with Gasteiger partial charge in [-0.2, -0.15) is 0 Å². The van der Waals surface area contributed by atoms with Gasteiger partial charge in [0.2, 0.25) is 10.0 Å². The van der Waals surface area contributed by atoms with Crippen molar-refractivity contribution in [2.75, 3.05) is 28.9 Å². The number of hydrogen-bond donors (Lipinski definition) is 2. The smallest absolute Gasteiger partial charge is 0.255 e. The quantitative estimate of drug-likeness (QED) is 0.652. The van der Waals surface area contributed by atoms with Crippen molar-refractivity contribution in [1.82, 2.24) is 4.90 Å². The first-order valence-corrected chi connectivity index (χ1v) is 11.3. The summed E-state index contributed by atoms with van der Waals surface area (Å²) in [5, 5.41) is 2.76. The summed E-state index contributed by atoms with van der Waals surface area (Å²) in [6, 6.07) is 13.0. The van der Waals surface area contributed by atoms with E-state index in [9.17, 15) is 18.0 Å². The molecule has 0 atom stereocenters. The fraction of sp³-hybridized carbons (Fsp3) is 0.333. The summed E-state index contributed by atoms with van der Waals surface area (Å²) in [5.74, 6) is -0.411. The minimum atomic E-state index is -3.43. The molecule has 156 valence electrons. The van der Waals surface area contributed by atoms with E-state index in [0.29, 0.717) is 42.0 Å². The number of carbonyl (C=O) groups excluding carboxylic acids is 2. The van der Waals surface area contributed by atoms with Gasteiger partial charge in [-0.05, 0) is 62.7 Å². The Kier molecular flexibility index (Phi) is 7.78. The normalized spacial score (nSPS) is 11.0. The van der Waals surface area contributed by atoms with Gasteiger partial charge in [0.05, 0.1) is 5.75 Å². The van der Waals surface area contributed by atoms with Gasteiger partial charge in [-0.1, -0.05) is 13.0 Å². The average Bonchev–Trinajstić information content (AvgIpc) is 2.69. The number of carbonyl (C=O) groups is 2. The van der Waals surface area contributed by atoms with Crippen molar-refractivity contribution in [1.29, 1.82) is 0 Å². The van der Waals surface area contributed by atoms with Crippen LogP contribution in [0.2, 0.25) is 0 Å². The van der Waals surface area contributed by atoms with Gasteiger partial charge in [-0.15, -0.1) is 0 Å². The summed E-state index contributed by atoms with van der Waals surface area (Å²) in [5.41, 5.74) is 1.76. The molecule has 2 rings (SSSR count). The fourth-order valence-electron chi connectivity index (χ4n) is 2.82. The van der Waals surface area contributed by atoms with Gasteiger partial charge in [0, 0.05) is 35.6 Å². The van der Waals surface area contributed by atoms with Gasteiger partial charge < -0.3 is 10.2 Å². The van der Waals surface area contributed by atoms with E-state index < -0.39 is 10.0 Å². The molecule has 2 aromatic rings. The summed E-state index contributed by atoms with van der Waals surface area (Å²) in [7, 11) is -3.43. The lowest BCUT2D eigenvalue weighted by Gasteiger charge is -2.18. The Morgan fingerprint density at radius 3 is 2.14 bits per heavy atom. The van der Waals surface area contributed by atoms with Gasteiger partial charge in [0.1, 0.15) is 0 Å². The molecular weight excluding hydrogens is 390 g/mol. The SMILES string of the molecule is CCCS(=O)(=O)Nc1cccc(C(=O)Nc2ccc(C(=O)N(CC)CC)cc2)c1. The van der Waals surface area contributed by atoms with Crippen LogP contribution in [0.5, 0.6) is 0 Å². The van der Waals surface area contributed by atoms with Gasteiger partial charge in [0.15, 0.2) is 0 Å². The maximum Gasteiger partial charge on any atom is 0.255 e. The predicted molar refractivity (Wildman–Crippen MR) is 116 cm³/mol. The summed E-state index contributed by atoms with van der Waals surface area (Å²) in [4.78, 5) is 26.6. The summed E-state index contributed by atoms with van der Waals surface area (Å²) < 4.78 is 26.3. The second kappa shape index (κ2) is 10.1. The van der Waals surface area contributed by atoms with E-state index in [2.05, 4.69) is 10.0 Å². The van der Waals surface area contributed by atoms with E-state index >= 15 is 0 Å². The zero-order valence-corrected chi connectivity index (χ0v) is 17.8. The highest BCUT2D eigenvalue weighted by atomic mass is 32.2. The lowest BCUT2D eigenvalue weighted by molar-refractivity contribution is 0.0773. The van der Waals surface area contributed by atoms with E-state index in [1.165, 1.54) is 6.07 Å². The molecule has 2 amide bonds. The van der Waals surface area contributed by atoms with Crippen LogP contribution in [0, 0.1) is 0 Å². The molecule has 0 aliphatic rings. The fourth-order valence-corrected chi connectivity index (χ4v) is 3.94. The van der Waals surface area contributed by atoms with Gasteiger partial charge >= 0.3 is 0 Å². The molecule has 2 aromatic carbocycles. The van der Waals surface area contributed by atoms with Crippen molar-refractivity contribution in [2.45, 2.75) is 27.2 Å². The van der Waals surface area contributed by atoms with Crippen LogP contribution in [0.25, 0.3) is 0 Å². The Morgan fingerprint density at radius 1 is 0.897 bits per heavy atom. The van der Waals surface area contributed by atoms with E-state index in [0.717, 1.165) is 0 Å². The van der Waals surface area contributed by atoms with Gasteiger partial charge in [-0.3, -0.25) is 14.3 Å². The molecule has 7 nitrogen and oxygen atoms in total. The molecular formula is C21H27N3O4S. The Hall–Kier alpha value is -2.87. The minimum absolute atomic E-state index is 0.0159.